The second kappa shape index (κ2) is 6.46. The van der Waals surface area contributed by atoms with Crippen molar-refractivity contribution in [2.24, 2.45) is 0 Å². The highest BCUT2D eigenvalue weighted by molar-refractivity contribution is 7.88. The number of nitrogens with one attached hydrogen (secondary N) is 1. The van der Waals surface area contributed by atoms with Crippen molar-refractivity contribution in [1.82, 2.24) is 14.6 Å². The molecule has 0 bridgehead atoms. The highest BCUT2D eigenvalue weighted by Crippen LogP contribution is 2.06. The van der Waals surface area contributed by atoms with Crippen molar-refractivity contribution in [1.29, 1.82) is 0 Å². The van der Waals surface area contributed by atoms with E-state index in [2.05, 4.69) is 10.3 Å². The van der Waals surface area contributed by atoms with Crippen LogP contribution in [0.25, 0.3) is 0 Å². The Balaban J connectivity index is 2.65. The first-order valence-electron chi connectivity index (χ1n) is 5.48. The molecule has 0 aliphatic rings. The molecule has 1 heterocycles. The monoisotopic (exact) mass is 271 g/mol. The third kappa shape index (κ3) is 5.24. The van der Waals surface area contributed by atoms with Crippen LogP contribution in [0.4, 0.5) is 0 Å². The number of carbonyl (C=O) groups excluding carboxylic acids is 1. The van der Waals surface area contributed by atoms with Gasteiger partial charge in [-0.25, -0.2) is 8.42 Å². The van der Waals surface area contributed by atoms with E-state index >= 15 is 0 Å². The molecule has 0 unspecified atom stereocenters. The van der Waals surface area contributed by atoms with Gasteiger partial charge in [0.25, 0.3) is 0 Å². The van der Waals surface area contributed by atoms with Gasteiger partial charge in [0.1, 0.15) is 0 Å². The minimum absolute atomic E-state index is 0.174. The van der Waals surface area contributed by atoms with Gasteiger partial charge in [-0.1, -0.05) is 0 Å². The average Bonchev–Trinajstić information content (AvgIpc) is 2.27. The molecule has 0 spiro atoms. The first-order chi connectivity index (χ1) is 8.39. The number of pyridine rings is 1. The van der Waals surface area contributed by atoms with Crippen molar-refractivity contribution in [2.75, 3.05) is 19.3 Å². The molecule has 7 heteroatoms. The van der Waals surface area contributed by atoms with Crippen LogP contribution in [-0.4, -0.2) is 43.0 Å². The van der Waals surface area contributed by atoms with Gasteiger partial charge in [0.15, 0.2) is 0 Å². The Labute approximate surface area is 107 Å². The molecule has 0 radical (unpaired) electrons. The van der Waals surface area contributed by atoms with Crippen LogP contribution in [0, 0.1) is 0 Å². The van der Waals surface area contributed by atoms with E-state index in [9.17, 15) is 13.2 Å². The summed E-state index contributed by atoms with van der Waals surface area (Å²) in [6.45, 7) is 2.23. The highest BCUT2D eigenvalue weighted by atomic mass is 32.2. The fourth-order valence-electron chi connectivity index (χ4n) is 1.41. The van der Waals surface area contributed by atoms with Crippen LogP contribution in [0.3, 0.4) is 0 Å². The van der Waals surface area contributed by atoms with Crippen molar-refractivity contribution < 1.29 is 13.2 Å². The zero-order chi connectivity index (χ0) is 13.6. The van der Waals surface area contributed by atoms with Crippen molar-refractivity contribution in [3.8, 4) is 0 Å². The second-order valence-corrected chi connectivity index (χ2v) is 5.92. The summed E-state index contributed by atoms with van der Waals surface area (Å²) in [6.07, 6.45) is 4.38. The van der Waals surface area contributed by atoms with Gasteiger partial charge in [-0.15, -0.1) is 0 Å². The molecule has 1 amide bonds. The summed E-state index contributed by atoms with van der Waals surface area (Å²) in [4.78, 5) is 14.6. The van der Waals surface area contributed by atoms with Gasteiger partial charge in [-0.05, 0) is 17.7 Å². The molecule has 1 aromatic heterocycles. The number of hydrogen-bond donors (Lipinski definition) is 1. The van der Waals surface area contributed by atoms with Crippen molar-refractivity contribution in [3.63, 3.8) is 0 Å². The molecule has 0 atom stereocenters. The number of aromatic nitrogens is 1. The lowest BCUT2D eigenvalue weighted by atomic mass is 10.3. The Morgan fingerprint density at radius 1 is 1.39 bits per heavy atom. The van der Waals surface area contributed by atoms with E-state index < -0.39 is 10.0 Å². The summed E-state index contributed by atoms with van der Waals surface area (Å²) < 4.78 is 24.5. The standard InChI is InChI=1S/C11H17N3O3S/c1-10(15)13-7-8-14(18(2,16)17)9-11-3-5-12-6-4-11/h3-6H,7-9H2,1-2H3,(H,13,15). The summed E-state index contributed by atoms with van der Waals surface area (Å²) in [5, 5.41) is 2.58. The van der Waals surface area contributed by atoms with Crippen molar-refractivity contribution in [2.45, 2.75) is 13.5 Å². The SMILES string of the molecule is CC(=O)NCCN(Cc1ccncc1)S(C)(=O)=O. The van der Waals surface area contributed by atoms with E-state index in [1.54, 1.807) is 24.5 Å². The van der Waals surface area contributed by atoms with E-state index in [0.29, 0.717) is 6.54 Å². The van der Waals surface area contributed by atoms with Crippen LogP contribution in [-0.2, 0) is 21.4 Å². The molecule has 100 valence electrons. The predicted octanol–water partition coefficient (Wildman–Crippen LogP) is -0.0207. The number of carbonyl (C=O) groups is 1. The lowest BCUT2D eigenvalue weighted by Crippen LogP contribution is -2.37. The van der Waals surface area contributed by atoms with Crippen molar-refractivity contribution >= 4 is 15.9 Å². The van der Waals surface area contributed by atoms with Gasteiger partial charge < -0.3 is 5.32 Å². The Morgan fingerprint density at radius 3 is 2.50 bits per heavy atom. The van der Waals surface area contributed by atoms with E-state index in [-0.39, 0.29) is 19.0 Å². The number of sulfonamides is 1. The Bertz CT molecular complexity index is 488. The molecule has 0 fully saturated rings. The fraction of sp³-hybridized carbons (Fsp3) is 0.455. The first kappa shape index (κ1) is 14.6. The van der Waals surface area contributed by atoms with Crippen LogP contribution < -0.4 is 5.32 Å². The molecule has 1 N–H and O–H groups in total. The van der Waals surface area contributed by atoms with Gasteiger partial charge in [0.2, 0.25) is 15.9 Å². The molecule has 0 saturated heterocycles. The third-order valence-corrected chi connectivity index (χ3v) is 3.56. The summed E-state index contributed by atoms with van der Waals surface area (Å²) in [5.41, 5.74) is 0.859. The number of rotatable bonds is 6. The smallest absolute Gasteiger partial charge is 0.216 e. The zero-order valence-electron chi connectivity index (χ0n) is 10.5. The maximum Gasteiger partial charge on any atom is 0.216 e. The largest absolute Gasteiger partial charge is 0.355 e. The molecule has 1 rings (SSSR count). The minimum atomic E-state index is -3.30. The van der Waals surface area contributed by atoms with Crippen LogP contribution in [0.1, 0.15) is 12.5 Å². The number of hydrogen-bond acceptors (Lipinski definition) is 4. The van der Waals surface area contributed by atoms with E-state index in [1.165, 1.54) is 11.2 Å². The quantitative estimate of drug-likeness (QED) is 0.788. The Hall–Kier alpha value is -1.47. The average molecular weight is 271 g/mol. The van der Waals surface area contributed by atoms with Crippen LogP contribution in [0.15, 0.2) is 24.5 Å². The van der Waals surface area contributed by atoms with Gasteiger partial charge in [-0.2, -0.15) is 4.31 Å². The lowest BCUT2D eigenvalue weighted by Gasteiger charge is -2.19. The van der Waals surface area contributed by atoms with E-state index in [0.717, 1.165) is 11.8 Å². The highest BCUT2D eigenvalue weighted by Gasteiger charge is 2.16. The predicted molar refractivity (Wildman–Crippen MR) is 68.2 cm³/mol. The molecular weight excluding hydrogens is 254 g/mol. The van der Waals surface area contributed by atoms with Gasteiger partial charge >= 0.3 is 0 Å². The topological polar surface area (TPSA) is 79.4 Å². The first-order valence-corrected chi connectivity index (χ1v) is 7.33. The van der Waals surface area contributed by atoms with Gasteiger partial charge in [0, 0.05) is 39.0 Å². The number of amides is 1. The third-order valence-electron chi connectivity index (χ3n) is 2.31. The normalized spacial score (nSPS) is 11.5. The molecule has 0 saturated carbocycles. The van der Waals surface area contributed by atoms with Crippen LogP contribution in [0.5, 0.6) is 0 Å². The fourth-order valence-corrected chi connectivity index (χ4v) is 2.22. The maximum absolute atomic E-state index is 11.6. The van der Waals surface area contributed by atoms with E-state index in [4.69, 9.17) is 0 Å². The second-order valence-electron chi connectivity index (χ2n) is 3.93. The molecule has 18 heavy (non-hydrogen) atoms. The number of nitrogens with zero attached hydrogens (tertiary/aromatic N) is 2. The molecule has 1 aromatic rings. The molecular formula is C11H17N3O3S. The molecule has 0 aliphatic carbocycles. The summed E-state index contributed by atoms with van der Waals surface area (Å²) in [7, 11) is -3.30. The molecule has 6 nitrogen and oxygen atoms in total. The Morgan fingerprint density at radius 2 is 2.00 bits per heavy atom. The lowest BCUT2D eigenvalue weighted by molar-refractivity contribution is -0.118. The maximum atomic E-state index is 11.6. The minimum Gasteiger partial charge on any atom is -0.355 e. The Kier molecular flexibility index (Phi) is 5.24. The van der Waals surface area contributed by atoms with Crippen LogP contribution in [0.2, 0.25) is 0 Å². The van der Waals surface area contributed by atoms with E-state index in [1.807, 2.05) is 0 Å². The summed E-state index contributed by atoms with van der Waals surface area (Å²) in [6, 6.07) is 3.52. The van der Waals surface area contributed by atoms with Crippen molar-refractivity contribution in [3.05, 3.63) is 30.1 Å². The summed E-state index contributed by atoms with van der Waals surface area (Å²) >= 11 is 0. The van der Waals surface area contributed by atoms with Gasteiger partial charge in [-0.3, -0.25) is 9.78 Å². The zero-order valence-corrected chi connectivity index (χ0v) is 11.3. The molecule has 0 aromatic carbocycles. The van der Waals surface area contributed by atoms with Crippen LogP contribution >= 0.6 is 0 Å². The summed E-state index contributed by atoms with van der Waals surface area (Å²) in [5.74, 6) is -0.174. The van der Waals surface area contributed by atoms with Gasteiger partial charge in [0.05, 0.1) is 6.26 Å². The molecule has 0 aliphatic heterocycles.